The SMILES string of the molecule is O=C(CCCc1ccc(-n2c(=O)c3ccc4sc5ccccc5c5ccc(c2=O)c3c45)cc1)Oc1cc(Cl)c(/C(=C2\C=C3CCCc4ccccc4C3=[N+]2[B-](F)F)c2cc3c([nH]2)-c2ccccc2CCC3)c(Cl)c1. The third-order valence-electron chi connectivity index (χ3n) is 15.0. The number of aromatic nitrogens is 2. The Bertz CT molecular complexity index is 4180. The summed E-state index contributed by atoms with van der Waals surface area (Å²) < 4.78 is 42.0. The van der Waals surface area contributed by atoms with Crippen molar-refractivity contribution < 1.29 is 22.6 Å². The van der Waals surface area contributed by atoms with E-state index in [-0.39, 0.29) is 39.0 Å². The number of halogens is 4. The molecule has 363 valence electrons. The van der Waals surface area contributed by atoms with Crippen molar-refractivity contribution in [3.63, 3.8) is 0 Å². The van der Waals surface area contributed by atoms with Gasteiger partial charge < -0.3 is 22.8 Å². The molecule has 4 heterocycles. The van der Waals surface area contributed by atoms with Crippen molar-refractivity contribution in [1.29, 1.82) is 0 Å². The van der Waals surface area contributed by atoms with Gasteiger partial charge in [0.05, 0.1) is 27.0 Å². The van der Waals surface area contributed by atoms with E-state index in [1.165, 1.54) is 22.3 Å². The van der Waals surface area contributed by atoms with E-state index in [1.807, 2.05) is 97.1 Å². The van der Waals surface area contributed by atoms with Gasteiger partial charge in [-0.3, -0.25) is 14.4 Å². The van der Waals surface area contributed by atoms with Crippen LogP contribution in [0, 0.1) is 0 Å². The predicted molar refractivity (Wildman–Crippen MR) is 297 cm³/mol. The van der Waals surface area contributed by atoms with Crippen molar-refractivity contribution in [1.82, 2.24) is 9.55 Å². The summed E-state index contributed by atoms with van der Waals surface area (Å²) in [5.41, 5.74) is 9.65. The molecule has 1 N–H and O–H groups in total. The predicted octanol–water partition coefficient (Wildman–Crippen LogP) is 14.5. The van der Waals surface area contributed by atoms with E-state index in [9.17, 15) is 14.4 Å². The largest absolute Gasteiger partial charge is 0.609 e. The van der Waals surface area contributed by atoms with Gasteiger partial charge in [0.25, 0.3) is 11.1 Å². The Morgan fingerprint density at radius 3 is 2.09 bits per heavy atom. The maximum Gasteiger partial charge on any atom is 0.609 e. The fraction of sp³-hybridized carbons (Fsp3) is 0.148. The van der Waals surface area contributed by atoms with E-state index < -0.39 is 13.4 Å². The first-order valence-electron chi connectivity index (χ1n) is 24.9. The molecule has 1 radical (unpaired) electrons. The van der Waals surface area contributed by atoms with Crippen molar-refractivity contribution >= 4 is 101 Å². The number of hydrogen-bond donors (Lipinski definition) is 1. The number of aromatic amines is 1. The van der Waals surface area contributed by atoms with Gasteiger partial charge in [-0.25, -0.2) is 4.57 Å². The average molecular weight is 1030 g/mol. The summed E-state index contributed by atoms with van der Waals surface area (Å²) in [6.45, 7) is 0. The van der Waals surface area contributed by atoms with Crippen LogP contribution >= 0.6 is 34.5 Å². The number of aryl methyl sites for hydroxylation is 4. The molecule has 0 atom stereocenters. The molecule has 0 amide bonds. The Morgan fingerprint density at radius 2 is 1.34 bits per heavy atom. The zero-order chi connectivity index (χ0) is 50.4. The van der Waals surface area contributed by atoms with Crippen LogP contribution in [0.15, 0.2) is 166 Å². The number of pyridine rings is 1. The van der Waals surface area contributed by atoms with Crippen LogP contribution in [0.1, 0.15) is 71.2 Å². The highest BCUT2D eigenvalue weighted by atomic mass is 35.5. The molecule has 0 spiro atoms. The van der Waals surface area contributed by atoms with Gasteiger partial charge in [0.15, 0.2) is 11.4 Å². The van der Waals surface area contributed by atoms with Crippen LogP contribution in [0.2, 0.25) is 10.0 Å². The number of esters is 1. The minimum Gasteiger partial charge on any atom is -0.433 e. The van der Waals surface area contributed by atoms with E-state index in [1.54, 1.807) is 23.5 Å². The van der Waals surface area contributed by atoms with E-state index in [0.29, 0.717) is 63.7 Å². The van der Waals surface area contributed by atoms with Crippen molar-refractivity contribution in [2.75, 3.05) is 0 Å². The summed E-state index contributed by atoms with van der Waals surface area (Å²) in [4.78, 5) is 45.3. The summed E-state index contributed by atoms with van der Waals surface area (Å²) in [5.74, 6) is -0.374. The van der Waals surface area contributed by atoms with Crippen LogP contribution < -0.4 is 15.9 Å². The second kappa shape index (κ2) is 18.5. The highest BCUT2D eigenvalue weighted by molar-refractivity contribution is 7.25. The van der Waals surface area contributed by atoms with Gasteiger partial charge in [-0.05, 0) is 133 Å². The minimum absolute atomic E-state index is 0.0666. The molecule has 0 unspecified atom stereocenters. The molecule has 74 heavy (non-hydrogen) atoms. The number of hydrogen-bond acceptors (Lipinski definition) is 5. The highest BCUT2D eigenvalue weighted by Crippen LogP contribution is 2.45. The molecule has 13 heteroatoms. The Labute approximate surface area is 437 Å². The summed E-state index contributed by atoms with van der Waals surface area (Å²) in [7, 11) is -2.89. The van der Waals surface area contributed by atoms with Crippen molar-refractivity contribution in [3.05, 3.63) is 227 Å². The van der Waals surface area contributed by atoms with Gasteiger partial charge in [0.1, 0.15) is 5.75 Å². The molecule has 13 rings (SSSR count). The lowest BCUT2D eigenvalue weighted by molar-refractivity contribution is -0.340. The van der Waals surface area contributed by atoms with E-state index in [0.717, 1.165) is 101 Å². The number of rotatable bonds is 9. The molecule has 7 aromatic carbocycles. The maximum absolute atomic E-state index is 15.8. The third-order valence-corrected chi connectivity index (χ3v) is 16.7. The van der Waals surface area contributed by atoms with Crippen LogP contribution in [0.5, 0.6) is 5.75 Å². The summed E-state index contributed by atoms with van der Waals surface area (Å²) in [5, 5.41) is 4.97. The minimum atomic E-state index is -2.89. The molecular formula is C61H43BCl2F2N3O4S. The second-order valence-electron chi connectivity index (χ2n) is 19.4. The Balaban J connectivity index is 0.778. The van der Waals surface area contributed by atoms with Crippen LogP contribution in [0.3, 0.4) is 0 Å². The van der Waals surface area contributed by atoms with Crippen molar-refractivity contribution in [2.24, 2.45) is 0 Å². The highest BCUT2D eigenvalue weighted by Gasteiger charge is 2.38. The molecule has 3 aromatic heterocycles. The number of nitrogens with one attached hydrogen (secondary N) is 1. The summed E-state index contributed by atoms with van der Waals surface area (Å²) in [6.07, 6.45) is 7.74. The first-order chi connectivity index (χ1) is 36.1. The number of H-pyrrole nitrogens is 1. The van der Waals surface area contributed by atoms with Crippen LogP contribution in [-0.2, 0) is 30.5 Å². The standard InChI is InChI=1S/C61H43BCl2F2N3O4S/c63-47-32-40(73-53(70)21-7-10-34-22-24-39(25-23-34)68-60(71)45-27-26-44-43-19-5-6-20-51(43)74-52-29-28-46(61(68)72)54(45)55(44)52)33-48(64)56(47)57(49-30-37-15-8-13-35-11-1-3-17-41(35)58(37)67-49)50-31-38-16-9-14-36-12-2-4-18-42(36)59(38)69(50)62(65)66/h1-6,11-12,17-20,22-33,67H,7-10,13-16,21H2/b57-50+. The molecule has 0 saturated carbocycles. The van der Waals surface area contributed by atoms with E-state index in [2.05, 4.69) is 29.2 Å². The number of carbonyl (C=O) groups is 1. The number of fused-ring (bicyclic) bond motifs is 8. The third kappa shape index (κ3) is 7.74. The number of carbonyl (C=O) groups excluding carboxylic acids is 1. The lowest BCUT2D eigenvalue weighted by Crippen LogP contribution is -2.31. The number of benzene rings is 7. The lowest BCUT2D eigenvalue weighted by Gasteiger charge is -2.19. The number of nitrogens with zero attached hydrogens (tertiary/aromatic N) is 2. The van der Waals surface area contributed by atoms with Gasteiger partial charge in [0, 0.05) is 83.5 Å². The number of ether oxygens (including phenoxy) is 1. The molecular weight excluding hydrogens is 990 g/mol. The molecule has 2 aliphatic carbocycles. The average Bonchev–Trinajstić information content (AvgIpc) is 3.89. The van der Waals surface area contributed by atoms with Crippen molar-refractivity contribution in [3.8, 4) is 22.7 Å². The Morgan fingerprint density at radius 1 is 0.689 bits per heavy atom. The maximum atomic E-state index is 15.8. The molecule has 0 saturated heterocycles. The topological polar surface area (TPSA) is 84.2 Å². The number of allylic oxidation sites excluding steroid dienone is 2. The van der Waals surface area contributed by atoms with Crippen LogP contribution in [-0.4, -0.2) is 33.1 Å². The first kappa shape index (κ1) is 46.4. The molecule has 3 aliphatic rings. The molecule has 1 aliphatic heterocycles. The van der Waals surface area contributed by atoms with Gasteiger partial charge in [0.2, 0.25) is 0 Å². The smallest absolute Gasteiger partial charge is 0.433 e. The first-order valence-corrected chi connectivity index (χ1v) is 26.5. The quantitative estimate of drug-likeness (QED) is 0.0513. The summed E-state index contributed by atoms with van der Waals surface area (Å²) in [6, 6.07) is 44.1. The van der Waals surface area contributed by atoms with Gasteiger partial charge in [-0.15, -0.1) is 11.3 Å². The zero-order valence-corrected chi connectivity index (χ0v) is 42.1. The van der Waals surface area contributed by atoms with E-state index in [4.69, 9.17) is 27.9 Å². The fourth-order valence-electron chi connectivity index (χ4n) is 11.7. The van der Waals surface area contributed by atoms with Gasteiger partial charge >= 0.3 is 13.4 Å². The molecule has 0 fully saturated rings. The summed E-state index contributed by atoms with van der Waals surface area (Å²) >= 11 is 16.1. The molecule has 0 bridgehead atoms. The Hall–Kier alpha value is -7.44. The van der Waals surface area contributed by atoms with Gasteiger partial charge in [-0.2, -0.15) is 0 Å². The van der Waals surface area contributed by atoms with Crippen LogP contribution in [0.4, 0.5) is 8.63 Å². The fourth-order valence-corrected chi connectivity index (χ4v) is 13.5. The van der Waals surface area contributed by atoms with Crippen molar-refractivity contribution in [2.45, 2.75) is 57.8 Å². The monoisotopic (exact) mass is 1030 g/mol. The zero-order valence-electron chi connectivity index (χ0n) is 39.7. The second-order valence-corrected chi connectivity index (χ2v) is 21.3. The Kier molecular flexibility index (Phi) is 11.6. The normalized spacial score (nSPS) is 15.1. The van der Waals surface area contributed by atoms with E-state index >= 15 is 8.63 Å². The van der Waals surface area contributed by atoms with Crippen LogP contribution in [0.25, 0.3) is 64.2 Å². The lowest BCUT2D eigenvalue weighted by atomic mass is 9.97. The molecule has 10 aromatic rings. The van der Waals surface area contributed by atoms with Gasteiger partial charge in [-0.1, -0.05) is 102 Å². The molecule has 7 nitrogen and oxygen atoms in total.